The first-order valence-electron chi connectivity index (χ1n) is 8.30. The number of carbonyl (C=O) groups is 1. The van der Waals surface area contributed by atoms with Gasteiger partial charge in [0, 0.05) is 6.04 Å². The molecule has 1 saturated heterocycles. The lowest BCUT2D eigenvalue weighted by Gasteiger charge is -2.37. The Morgan fingerprint density at radius 2 is 2.00 bits per heavy atom. The van der Waals surface area contributed by atoms with Gasteiger partial charge in [-0.25, -0.2) is 0 Å². The van der Waals surface area contributed by atoms with E-state index >= 15 is 0 Å². The molecule has 1 unspecified atom stereocenters. The van der Waals surface area contributed by atoms with Crippen molar-refractivity contribution in [2.75, 3.05) is 6.54 Å². The van der Waals surface area contributed by atoms with E-state index in [0.717, 1.165) is 18.8 Å². The van der Waals surface area contributed by atoms with Crippen LogP contribution in [0.25, 0.3) is 0 Å². The van der Waals surface area contributed by atoms with E-state index in [-0.39, 0.29) is 12.1 Å². The van der Waals surface area contributed by atoms with E-state index in [1.165, 1.54) is 30.4 Å². The number of amides is 1. The third-order valence-corrected chi connectivity index (χ3v) is 5.16. The zero-order chi connectivity index (χ0) is 14.8. The van der Waals surface area contributed by atoms with Crippen LogP contribution in [0.15, 0.2) is 24.3 Å². The van der Waals surface area contributed by atoms with Crippen LogP contribution >= 0.6 is 0 Å². The molecule has 0 radical (unpaired) electrons. The van der Waals surface area contributed by atoms with Gasteiger partial charge in [0.05, 0.1) is 6.54 Å². The topological polar surface area (TPSA) is 32.3 Å². The molecule has 1 aromatic carbocycles. The molecule has 1 amide bonds. The molecule has 3 rings (SSSR count). The number of benzene rings is 1. The molecule has 3 heteroatoms. The first-order valence-corrected chi connectivity index (χ1v) is 8.30. The monoisotopic (exact) mass is 286 g/mol. The van der Waals surface area contributed by atoms with Crippen LogP contribution in [0.4, 0.5) is 0 Å². The summed E-state index contributed by atoms with van der Waals surface area (Å²) in [4.78, 5) is 14.5. The van der Waals surface area contributed by atoms with Crippen molar-refractivity contribution in [1.82, 2.24) is 10.2 Å². The van der Waals surface area contributed by atoms with Crippen LogP contribution < -0.4 is 5.32 Å². The molecule has 0 aromatic heterocycles. The van der Waals surface area contributed by atoms with Gasteiger partial charge in [-0.3, -0.25) is 10.1 Å². The number of aryl methyl sites for hydroxylation is 1. The van der Waals surface area contributed by atoms with Crippen molar-refractivity contribution in [2.45, 2.75) is 58.2 Å². The quantitative estimate of drug-likeness (QED) is 0.923. The van der Waals surface area contributed by atoms with Crippen LogP contribution in [-0.4, -0.2) is 23.4 Å². The summed E-state index contributed by atoms with van der Waals surface area (Å²) >= 11 is 0. The van der Waals surface area contributed by atoms with E-state index in [4.69, 9.17) is 0 Å². The number of hydrogen-bond acceptors (Lipinski definition) is 2. The van der Waals surface area contributed by atoms with E-state index in [1.807, 2.05) is 0 Å². The van der Waals surface area contributed by atoms with Gasteiger partial charge in [0.25, 0.3) is 0 Å². The number of nitrogens with zero attached hydrogens (tertiary/aromatic N) is 1. The van der Waals surface area contributed by atoms with Crippen LogP contribution in [0.3, 0.4) is 0 Å². The number of rotatable bonds is 3. The maximum Gasteiger partial charge on any atom is 0.238 e. The van der Waals surface area contributed by atoms with Crippen molar-refractivity contribution < 1.29 is 4.79 Å². The van der Waals surface area contributed by atoms with Crippen molar-refractivity contribution in [3.8, 4) is 0 Å². The summed E-state index contributed by atoms with van der Waals surface area (Å²) in [7, 11) is 0. The molecule has 2 fully saturated rings. The van der Waals surface area contributed by atoms with Crippen LogP contribution in [-0.2, 0) is 4.79 Å². The predicted molar refractivity (Wildman–Crippen MR) is 84.8 cm³/mol. The Hall–Kier alpha value is -1.35. The fraction of sp³-hybridized carbons (Fsp3) is 0.611. The second kappa shape index (κ2) is 6.18. The predicted octanol–water partition coefficient (Wildman–Crippen LogP) is 3.39. The smallest absolute Gasteiger partial charge is 0.238 e. The lowest BCUT2D eigenvalue weighted by Crippen LogP contribution is -2.41. The summed E-state index contributed by atoms with van der Waals surface area (Å²) in [6.45, 7) is 4.87. The lowest BCUT2D eigenvalue weighted by atomic mass is 9.83. The Labute approximate surface area is 127 Å². The second-order valence-electron chi connectivity index (χ2n) is 6.58. The zero-order valence-corrected chi connectivity index (χ0v) is 13.1. The molecular formula is C18H26N2O. The van der Waals surface area contributed by atoms with E-state index in [2.05, 4.69) is 48.3 Å². The van der Waals surface area contributed by atoms with Crippen molar-refractivity contribution in [1.29, 1.82) is 0 Å². The molecule has 0 spiro atoms. The molecular weight excluding hydrogens is 260 g/mol. The minimum absolute atomic E-state index is 0.0700. The molecule has 21 heavy (non-hydrogen) atoms. The molecule has 0 bridgehead atoms. The Morgan fingerprint density at radius 3 is 2.67 bits per heavy atom. The fourth-order valence-corrected chi connectivity index (χ4v) is 3.88. The van der Waals surface area contributed by atoms with Gasteiger partial charge in [-0.05, 0) is 44.1 Å². The number of nitrogens with one attached hydrogen (secondary N) is 1. The van der Waals surface area contributed by atoms with Gasteiger partial charge in [-0.2, -0.15) is 0 Å². The van der Waals surface area contributed by atoms with Gasteiger partial charge in [-0.15, -0.1) is 0 Å². The van der Waals surface area contributed by atoms with Crippen LogP contribution in [0, 0.1) is 12.8 Å². The highest BCUT2D eigenvalue weighted by atomic mass is 16.2. The number of carbonyl (C=O) groups excluding carboxylic acids is 1. The fourth-order valence-electron chi connectivity index (χ4n) is 3.88. The van der Waals surface area contributed by atoms with Gasteiger partial charge in [-0.1, -0.05) is 43.2 Å². The molecule has 1 aliphatic heterocycles. The Morgan fingerprint density at radius 1 is 1.24 bits per heavy atom. The van der Waals surface area contributed by atoms with Crippen LogP contribution in [0.5, 0.6) is 0 Å². The first-order chi connectivity index (χ1) is 10.2. The van der Waals surface area contributed by atoms with Crippen LogP contribution in [0.1, 0.15) is 56.3 Å². The lowest BCUT2D eigenvalue weighted by molar-refractivity contribution is -0.131. The highest BCUT2D eigenvalue weighted by Crippen LogP contribution is 2.34. The zero-order valence-electron chi connectivity index (χ0n) is 13.1. The number of hydrogen-bond donors (Lipinski definition) is 1. The second-order valence-corrected chi connectivity index (χ2v) is 6.58. The molecule has 114 valence electrons. The molecule has 1 aliphatic carbocycles. The maximum atomic E-state index is 12.4. The normalized spacial score (nSPS) is 29.9. The van der Waals surface area contributed by atoms with E-state index < -0.39 is 0 Å². The van der Waals surface area contributed by atoms with E-state index in [1.54, 1.807) is 0 Å². The average Bonchev–Trinajstić information content (AvgIpc) is 2.89. The molecule has 1 heterocycles. The van der Waals surface area contributed by atoms with Gasteiger partial charge in [0.1, 0.15) is 6.17 Å². The minimum atomic E-state index is 0.0700. The minimum Gasteiger partial charge on any atom is -0.319 e. The maximum absolute atomic E-state index is 12.4. The van der Waals surface area contributed by atoms with E-state index in [0.29, 0.717) is 12.6 Å². The highest BCUT2D eigenvalue weighted by molar-refractivity contribution is 5.81. The summed E-state index contributed by atoms with van der Waals surface area (Å²) in [5.41, 5.74) is 2.47. The molecule has 1 atom stereocenters. The Kier molecular flexibility index (Phi) is 4.29. The third-order valence-electron chi connectivity index (χ3n) is 5.16. The average molecular weight is 286 g/mol. The first kappa shape index (κ1) is 14.6. The molecule has 1 aromatic rings. The Balaban J connectivity index is 1.77. The van der Waals surface area contributed by atoms with Gasteiger partial charge in [0.15, 0.2) is 0 Å². The summed E-state index contributed by atoms with van der Waals surface area (Å²) in [5.74, 6) is 1.13. The van der Waals surface area contributed by atoms with Crippen molar-refractivity contribution in [3.05, 3.63) is 35.4 Å². The standard InChI is InChI=1S/C18H26N2O/c1-3-14-7-9-16(10-8-14)20-17(21)12-19-18(20)15-6-4-5-13(2)11-15/h4-6,11,14,16,18-19H,3,7-10,12H2,1-2H3. The summed E-state index contributed by atoms with van der Waals surface area (Å²) < 4.78 is 0. The third kappa shape index (κ3) is 2.98. The molecule has 2 aliphatic rings. The van der Waals surface area contributed by atoms with Gasteiger partial charge < -0.3 is 4.90 Å². The van der Waals surface area contributed by atoms with Crippen molar-refractivity contribution in [2.24, 2.45) is 5.92 Å². The Bertz CT molecular complexity index is 506. The van der Waals surface area contributed by atoms with Crippen molar-refractivity contribution >= 4 is 5.91 Å². The SMILES string of the molecule is CCC1CCC(N2C(=O)CNC2c2cccc(C)c2)CC1. The largest absolute Gasteiger partial charge is 0.319 e. The highest BCUT2D eigenvalue weighted by Gasteiger charge is 2.38. The summed E-state index contributed by atoms with van der Waals surface area (Å²) in [6, 6.07) is 8.94. The van der Waals surface area contributed by atoms with E-state index in [9.17, 15) is 4.79 Å². The molecule has 1 N–H and O–H groups in total. The summed E-state index contributed by atoms with van der Waals surface area (Å²) in [6.07, 6.45) is 6.21. The molecule has 3 nitrogen and oxygen atoms in total. The van der Waals surface area contributed by atoms with Gasteiger partial charge in [0.2, 0.25) is 5.91 Å². The van der Waals surface area contributed by atoms with Crippen molar-refractivity contribution in [3.63, 3.8) is 0 Å². The van der Waals surface area contributed by atoms with Gasteiger partial charge >= 0.3 is 0 Å². The van der Waals surface area contributed by atoms with Crippen LogP contribution in [0.2, 0.25) is 0 Å². The summed E-state index contributed by atoms with van der Waals surface area (Å²) in [5, 5.41) is 3.40. The molecule has 1 saturated carbocycles.